The van der Waals surface area contributed by atoms with E-state index in [-0.39, 0.29) is 0 Å². The van der Waals surface area contributed by atoms with E-state index in [0.717, 1.165) is 11.7 Å². The number of aliphatic imine (C=N–C) groups is 1. The molecule has 0 saturated carbocycles. The van der Waals surface area contributed by atoms with Gasteiger partial charge in [0.2, 0.25) is 0 Å². The fraction of sp³-hybridized carbons (Fsp3) is 0.462. The first-order chi connectivity index (χ1) is 7.25. The predicted octanol–water partition coefficient (Wildman–Crippen LogP) is 3.59. The summed E-state index contributed by atoms with van der Waals surface area (Å²) in [7, 11) is 0. The maximum atomic E-state index is 4.78. The van der Waals surface area contributed by atoms with E-state index in [4.69, 9.17) is 4.99 Å². The van der Waals surface area contributed by atoms with Crippen LogP contribution in [0, 0.1) is 5.92 Å². The van der Waals surface area contributed by atoms with Crippen LogP contribution < -0.4 is 0 Å². The van der Waals surface area contributed by atoms with Gasteiger partial charge in [-0.25, -0.2) is 0 Å². The Labute approximate surface area is 96.0 Å². The molecule has 80 valence electrons. The molecular formula is C13H17NS. The molecule has 0 fully saturated rings. The van der Waals surface area contributed by atoms with Crippen LogP contribution in [0.3, 0.4) is 0 Å². The van der Waals surface area contributed by atoms with Gasteiger partial charge >= 0.3 is 0 Å². The van der Waals surface area contributed by atoms with Crippen molar-refractivity contribution < 1.29 is 0 Å². The minimum absolute atomic E-state index is 0.533. The second kappa shape index (κ2) is 4.84. The molecule has 0 aromatic heterocycles. The third kappa shape index (κ3) is 2.85. The highest BCUT2D eigenvalue weighted by atomic mass is 32.2. The Morgan fingerprint density at radius 2 is 2.07 bits per heavy atom. The third-order valence-corrected chi connectivity index (χ3v) is 3.64. The molecule has 1 atom stereocenters. The highest BCUT2D eigenvalue weighted by Gasteiger charge is 2.19. The number of hydrogen-bond acceptors (Lipinski definition) is 2. The smallest absolute Gasteiger partial charge is 0.0981 e. The minimum Gasteiger partial charge on any atom is -0.274 e. The van der Waals surface area contributed by atoms with Crippen LogP contribution in [0.25, 0.3) is 0 Å². The van der Waals surface area contributed by atoms with Gasteiger partial charge in [-0.15, -0.1) is 11.8 Å². The molecule has 1 heterocycles. The normalized spacial score (nSPS) is 20.7. The molecule has 0 aliphatic carbocycles. The Bertz CT molecular complexity index is 343. The fourth-order valence-electron chi connectivity index (χ4n) is 1.82. The Morgan fingerprint density at radius 1 is 1.33 bits per heavy atom. The molecule has 0 unspecified atom stereocenters. The van der Waals surface area contributed by atoms with Crippen molar-refractivity contribution in [3.8, 4) is 0 Å². The van der Waals surface area contributed by atoms with Gasteiger partial charge in [0.1, 0.15) is 0 Å². The summed E-state index contributed by atoms with van der Waals surface area (Å²) in [4.78, 5) is 4.78. The minimum atomic E-state index is 0.533. The average Bonchev–Trinajstić information content (AvgIpc) is 2.67. The van der Waals surface area contributed by atoms with Crippen molar-refractivity contribution in [1.29, 1.82) is 0 Å². The molecule has 2 heteroatoms. The summed E-state index contributed by atoms with van der Waals surface area (Å²) in [6.45, 7) is 4.53. The van der Waals surface area contributed by atoms with E-state index < -0.39 is 0 Å². The van der Waals surface area contributed by atoms with E-state index in [1.807, 2.05) is 11.8 Å². The van der Waals surface area contributed by atoms with Crippen molar-refractivity contribution in [3.05, 3.63) is 35.9 Å². The summed E-state index contributed by atoms with van der Waals surface area (Å²) in [5.41, 5.74) is 1.27. The Balaban J connectivity index is 2.07. The van der Waals surface area contributed by atoms with E-state index in [1.54, 1.807) is 0 Å². The van der Waals surface area contributed by atoms with Gasteiger partial charge < -0.3 is 0 Å². The second-order valence-electron chi connectivity index (χ2n) is 4.39. The van der Waals surface area contributed by atoms with Gasteiger partial charge in [0, 0.05) is 11.3 Å². The van der Waals surface area contributed by atoms with Crippen LogP contribution in [0.15, 0.2) is 35.3 Å². The fourth-order valence-corrected chi connectivity index (χ4v) is 2.91. The van der Waals surface area contributed by atoms with Crippen LogP contribution in [-0.2, 0) is 0 Å². The number of nitrogens with zero attached hydrogens (tertiary/aromatic N) is 1. The molecule has 0 N–H and O–H groups in total. The molecule has 15 heavy (non-hydrogen) atoms. The predicted molar refractivity (Wildman–Crippen MR) is 68.7 cm³/mol. The maximum absolute atomic E-state index is 4.78. The summed E-state index contributed by atoms with van der Waals surface area (Å²) in [5, 5.41) is 1.22. The average molecular weight is 219 g/mol. The molecule has 0 saturated heterocycles. The molecule has 0 bridgehead atoms. The van der Waals surface area contributed by atoms with Crippen molar-refractivity contribution in [2.45, 2.75) is 26.3 Å². The number of hydrogen-bond donors (Lipinski definition) is 0. The van der Waals surface area contributed by atoms with Crippen molar-refractivity contribution in [3.63, 3.8) is 0 Å². The zero-order chi connectivity index (χ0) is 10.7. The number of rotatable bonds is 3. The Morgan fingerprint density at radius 3 is 2.73 bits per heavy atom. The molecule has 1 nitrogen and oxygen atoms in total. The van der Waals surface area contributed by atoms with Crippen LogP contribution in [-0.4, -0.2) is 16.8 Å². The molecule has 2 rings (SSSR count). The van der Waals surface area contributed by atoms with Crippen molar-refractivity contribution in [1.82, 2.24) is 0 Å². The first-order valence-corrected chi connectivity index (χ1v) is 6.50. The van der Waals surface area contributed by atoms with Crippen molar-refractivity contribution in [2.24, 2.45) is 10.9 Å². The zero-order valence-corrected chi connectivity index (χ0v) is 10.1. The maximum Gasteiger partial charge on any atom is 0.0981 e. The van der Waals surface area contributed by atoms with Crippen LogP contribution in [0.1, 0.15) is 25.8 Å². The lowest BCUT2D eigenvalue weighted by Gasteiger charge is -2.07. The Kier molecular flexibility index (Phi) is 3.47. The zero-order valence-electron chi connectivity index (χ0n) is 9.31. The van der Waals surface area contributed by atoms with Crippen LogP contribution in [0.2, 0.25) is 0 Å². The molecule has 0 amide bonds. The highest BCUT2D eigenvalue weighted by molar-refractivity contribution is 8.14. The first kappa shape index (κ1) is 10.7. The molecule has 1 aromatic carbocycles. The lowest BCUT2D eigenvalue weighted by molar-refractivity contribution is 0.529. The van der Waals surface area contributed by atoms with E-state index in [0.29, 0.717) is 6.04 Å². The van der Waals surface area contributed by atoms with Gasteiger partial charge in [0.25, 0.3) is 0 Å². The lowest BCUT2D eigenvalue weighted by atomic mass is 10.1. The number of benzene rings is 1. The highest BCUT2D eigenvalue weighted by Crippen LogP contribution is 2.26. The lowest BCUT2D eigenvalue weighted by Crippen LogP contribution is -2.07. The van der Waals surface area contributed by atoms with Crippen LogP contribution in [0.5, 0.6) is 0 Å². The molecule has 0 radical (unpaired) electrons. The van der Waals surface area contributed by atoms with Crippen molar-refractivity contribution in [2.75, 3.05) is 5.75 Å². The number of thioether (sulfide) groups is 1. The summed E-state index contributed by atoms with van der Waals surface area (Å²) in [5.74, 6) is 1.90. The van der Waals surface area contributed by atoms with Gasteiger partial charge in [-0.1, -0.05) is 44.2 Å². The largest absolute Gasteiger partial charge is 0.274 e. The van der Waals surface area contributed by atoms with Crippen molar-refractivity contribution >= 4 is 16.8 Å². The van der Waals surface area contributed by atoms with Gasteiger partial charge in [0.05, 0.1) is 11.1 Å². The molecule has 1 aliphatic heterocycles. The van der Waals surface area contributed by atoms with Gasteiger partial charge in [-0.2, -0.15) is 0 Å². The monoisotopic (exact) mass is 219 g/mol. The van der Waals surface area contributed by atoms with Gasteiger partial charge in [-0.3, -0.25) is 4.99 Å². The van der Waals surface area contributed by atoms with Gasteiger partial charge in [0.15, 0.2) is 0 Å². The summed E-state index contributed by atoms with van der Waals surface area (Å²) in [6, 6.07) is 11.0. The summed E-state index contributed by atoms with van der Waals surface area (Å²) in [6.07, 6.45) is 1.21. The standard InChI is InChI=1S/C13H17NS/c1-10(2)8-12-9-15-13(14-12)11-6-4-3-5-7-11/h3-7,10,12H,8-9H2,1-2H3/t12-/m0/s1. The molecular weight excluding hydrogens is 202 g/mol. The summed E-state index contributed by atoms with van der Waals surface area (Å²) >= 11 is 1.90. The molecule has 1 aliphatic rings. The Hall–Kier alpha value is -0.760. The van der Waals surface area contributed by atoms with Crippen LogP contribution in [0.4, 0.5) is 0 Å². The first-order valence-electron chi connectivity index (χ1n) is 5.51. The van der Waals surface area contributed by atoms with E-state index in [9.17, 15) is 0 Å². The van der Waals surface area contributed by atoms with E-state index >= 15 is 0 Å². The summed E-state index contributed by atoms with van der Waals surface area (Å²) < 4.78 is 0. The third-order valence-electron chi connectivity index (χ3n) is 2.48. The van der Waals surface area contributed by atoms with Gasteiger partial charge in [-0.05, 0) is 12.3 Å². The molecule has 0 spiro atoms. The van der Waals surface area contributed by atoms with E-state index in [2.05, 4.69) is 44.2 Å². The molecule has 1 aromatic rings. The van der Waals surface area contributed by atoms with Crippen LogP contribution >= 0.6 is 11.8 Å². The second-order valence-corrected chi connectivity index (χ2v) is 5.40. The quantitative estimate of drug-likeness (QED) is 0.756. The topological polar surface area (TPSA) is 12.4 Å². The SMILES string of the molecule is CC(C)C[C@H]1CSC(c2ccccc2)=N1. The van der Waals surface area contributed by atoms with E-state index in [1.165, 1.54) is 17.0 Å².